The van der Waals surface area contributed by atoms with Crippen LogP contribution in [0, 0.1) is 17.8 Å². The highest BCUT2D eigenvalue weighted by Gasteiger charge is 2.56. The van der Waals surface area contributed by atoms with Crippen molar-refractivity contribution in [1.29, 1.82) is 0 Å². The molecule has 2 N–H and O–H groups in total. The normalized spacial score (nSPS) is 35.2. The molecule has 5 aliphatic rings. The molecule has 164 valence electrons. The van der Waals surface area contributed by atoms with Gasteiger partial charge in [-0.1, -0.05) is 0 Å². The first kappa shape index (κ1) is 19.9. The molecule has 2 unspecified atom stereocenters. The summed E-state index contributed by atoms with van der Waals surface area (Å²) in [5.74, 6) is 0.149. The number of nitrogens with zero attached hydrogens (tertiary/aromatic N) is 2. The molecule has 0 aromatic carbocycles. The van der Waals surface area contributed by atoms with Crippen molar-refractivity contribution in [2.45, 2.75) is 82.1 Å². The quantitative estimate of drug-likeness (QED) is 0.778. The second-order valence-corrected chi connectivity index (χ2v) is 9.86. The van der Waals surface area contributed by atoms with E-state index in [1.54, 1.807) is 0 Å². The van der Waals surface area contributed by atoms with E-state index in [0.717, 1.165) is 49.4 Å². The van der Waals surface area contributed by atoms with Gasteiger partial charge in [-0.25, -0.2) is 0 Å². The third-order valence-electron chi connectivity index (χ3n) is 7.74. The number of nitrogens with one attached hydrogen (secondary N) is 2. The fourth-order valence-corrected chi connectivity index (χ4v) is 6.73. The molecule has 1 heterocycles. The van der Waals surface area contributed by atoms with Crippen molar-refractivity contribution < 1.29 is 22.8 Å². The standard InChI is InChI=1S/C21H27F3N4O2/c1-11(29)27-20-7-12-5-13(8-20)17(14(6-12)9-20)26-19(30)16-10-25-28(15-3-2-4-15)18(16)21(22,23)24/h10,12-15,17H,2-9H2,1H3,(H,26,30)(H,27,29). The Hall–Kier alpha value is -2.06. The van der Waals surface area contributed by atoms with Crippen molar-refractivity contribution in [1.82, 2.24) is 20.4 Å². The molecule has 6 rings (SSSR count). The van der Waals surface area contributed by atoms with Crippen LogP contribution < -0.4 is 10.6 Å². The van der Waals surface area contributed by atoms with Crippen molar-refractivity contribution >= 4 is 11.8 Å². The van der Waals surface area contributed by atoms with Crippen LogP contribution in [0.2, 0.25) is 0 Å². The van der Waals surface area contributed by atoms with E-state index in [1.165, 1.54) is 6.92 Å². The van der Waals surface area contributed by atoms with Crippen molar-refractivity contribution in [2.75, 3.05) is 0 Å². The van der Waals surface area contributed by atoms with Gasteiger partial charge < -0.3 is 10.6 Å². The second-order valence-electron chi connectivity index (χ2n) is 9.86. The molecule has 6 nitrogen and oxygen atoms in total. The largest absolute Gasteiger partial charge is 0.433 e. The van der Waals surface area contributed by atoms with Crippen LogP contribution >= 0.6 is 0 Å². The van der Waals surface area contributed by atoms with Crippen molar-refractivity contribution in [3.8, 4) is 0 Å². The minimum atomic E-state index is -4.63. The van der Waals surface area contributed by atoms with Crippen molar-refractivity contribution in [3.05, 3.63) is 17.5 Å². The summed E-state index contributed by atoms with van der Waals surface area (Å²) >= 11 is 0. The maximum Gasteiger partial charge on any atom is 0.433 e. The predicted octanol–water partition coefficient (Wildman–Crippen LogP) is 3.44. The fraction of sp³-hybridized carbons (Fsp3) is 0.762. The molecule has 30 heavy (non-hydrogen) atoms. The third kappa shape index (κ3) is 3.21. The minimum Gasteiger partial charge on any atom is -0.351 e. The summed E-state index contributed by atoms with van der Waals surface area (Å²) in [6.45, 7) is 1.52. The molecule has 5 saturated carbocycles. The van der Waals surface area contributed by atoms with Crippen LogP contribution in [0.25, 0.3) is 0 Å². The highest BCUT2D eigenvalue weighted by atomic mass is 19.4. The Morgan fingerprint density at radius 1 is 1.17 bits per heavy atom. The maximum atomic E-state index is 13.8. The second kappa shape index (κ2) is 6.72. The zero-order valence-corrected chi connectivity index (χ0v) is 17.0. The van der Waals surface area contributed by atoms with Crippen LogP contribution in [0.3, 0.4) is 0 Å². The number of rotatable bonds is 4. The number of carbonyl (C=O) groups excluding carboxylic acids is 2. The first-order chi connectivity index (χ1) is 14.2. The van der Waals surface area contributed by atoms with Gasteiger partial charge in [0.15, 0.2) is 5.69 Å². The van der Waals surface area contributed by atoms with Crippen molar-refractivity contribution in [3.63, 3.8) is 0 Å². The molecule has 2 amide bonds. The highest BCUT2D eigenvalue weighted by Crippen LogP contribution is 2.55. The molecule has 0 spiro atoms. The highest BCUT2D eigenvalue weighted by molar-refractivity contribution is 5.95. The molecule has 1 aromatic rings. The Bertz CT molecular complexity index is 860. The summed E-state index contributed by atoms with van der Waals surface area (Å²) in [6, 6.07) is -0.425. The number of hydrogen-bond acceptors (Lipinski definition) is 3. The van der Waals surface area contributed by atoms with Gasteiger partial charge >= 0.3 is 6.18 Å². The van der Waals surface area contributed by atoms with E-state index in [4.69, 9.17) is 0 Å². The van der Waals surface area contributed by atoms with E-state index >= 15 is 0 Å². The van der Waals surface area contributed by atoms with Crippen LogP contribution in [0.1, 0.15) is 80.4 Å². The summed E-state index contributed by atoms with van der Waals surface area (Å²) in [5.41, 5.74) is -1.52. The van der Waals surface area contributed by atoms with Gasteiger partial charge in [-0.05, 0) is 69.1 Å². The average molecular weight is 424 g/mol. The lowest BCUT2D eigenvalue weighted by Crippen LogP contribution is -2.66. The molecule has 0 saturated heterocycles. The lowest BCUT2D eigenvalue weighted by molar-refractivity contribution is -0.146. The molecule has 5 aliphatic carbocycles. The summed E-state index contributed by atoms with van der Waals surface area (Å²) < 4.78 is 42.3. The lowest BCUT2D eigenvalue weighted by atomic mass is 9.51. The van der Waals surface area contributed by atoms with E-state index < -0.39 is 17.8 Å². The van der Waals surface area contributed by atoms with Crippen LogP contribution in [0.15, 0.2) is 6.20 Å². The van der Waals surface area contributed by atoms with E-state index in [1.807, 2.05) is 0 Å². The van der Waals surface area contributed by atoms with E-state index in [-0.39, 0.29) is 40.9 Å². The van der Waals surface area contributed by atoms with Gasteiger partial charge in [-0.3, -0.25) is 14.3 Å². The Kier molecular flexibility index (Phi) is 4.45. The number of alkyl halides is 3. The van der Waals surface area contributed by atoms with Gasteiger partial charge in [0.05, 0.1) is 17.8 Å². The number of halogens is 3. The summed E-state index contributed by atoms with van der Waals surface area (Å²) in [7, 11) is 0. The Morgan fingerprint density at radius 3 is 2.37 bits per heavy atom. The Balaban J connectivity index is 1.37. The molecule has 5 fully saturated rings. The van der Waals surface area contributed by atoms with E-state index in [2.05, 4.69) is 15.7 Å². The summed E-state index contributed by atoms with van der Waals surface area (Å²) in [6.07, 6.45) is 3.07. The Morgan fingerprint density at radius 2 is 1.83 bits per heavy atom. The summed E-state index contributed by atoms with van der Waals surface area (Å²) in [4.78, 5) is 24.7. The number of aromatic nitrogens is 2. The lowest BCUT2D eigenvalue weighted by Gasteiger charge is -2.60. The summed E-state index contributed by atoms with van der Waals surface area (Å²) in [5, 5.41) is 10.0. The van der Waals surface area contributed by atoms with Crippen LogP contribution in [-0.4, -0.2) is 33.2 Å². The third-order valence-corrected chi connectivity index (χ3v) is 7.74. The zero-order chi connectivity index (χ0) is 21.3. The fourth-order valence-electron chi connectivity index (χ4n) is 6.73. The molecule has 0 aliphatic heterocycles. The Labute approximate surface area is 173 Å². The molecular weight excluding hydrogens is 397 g/mol. The molecule has 4 bridgehead atoms. The monoisotopic (exact) mass is 424 g/mol. The van der Waals surface area contributed by atoms with E-state index in [9.17, 15) is 22.8 Å². The molecular formula is C21H27F3N4O2. The number of amides is 2. The molecule has 1 aromatic heterocycles. The van der Waals surface area contributed by atoms with Gasteiger partial charge in [0.2, 0.25) is 5.91 Å². The topological polar surface area (TPSA) is 76.0 Å². The maximum absolute atomic E-state index is 13.8. The predicted molar refractivity (Wildman–Crippen MR) is 101 cm³/mol. The SMILES string of the molecule is CC(=O)NC12CC3CC(C1)C(NC(=O)c1cnn(C4CCC4)c1C(F)(F)F)C(C3)C2. The first-order valence-electron chi connectivity index (χ1n) is 10.9. The van der Waals surface area contributed by atoms with Gasteiger partial charge in [-0.15, -0.1) is 0 Å². The number of carbonyl (C=O) groups is 2. The van der Waals surface area contributed by atoms with Gasteiger partial charge in [0.25, 0.3) is 5.91 Å². The molecule has 2 atom stereocenters. The average Bonchev–Trinajstić information content (AvgIpc) is 2.99. The van der Waals surface area contributed by atoms with E-state index in [0.29, 0.717) is 18.8 Å². The van der Waals surface area contributed by atoms with Gasteiger partial charge in [-0.2, -0.15) is 18.3 Å². The smallest absolute Gasteiger partial charge is 0.351 e. The van der Waals surface area contributed by atoms with Crippen LogP contribution in [-0.2, 0) is 11.0 Å². The van der Waals surface area contributed by atoms with Crippen molar-refractivity contribution in [2.24, 2.45) is 17.8 Å². The minimum absolute atomic E-state index is 0.0456. The molecule has 9 heteroatoms. The van der Waals surface area contributed by atoms with Gasteiger partial charge in [0.1, 0.15) is 0 Å². The first-order valence-corrected chi connectivity index (χ1v) is 10.9. The van der Waals surface area contributed by atoms with Gasteiger partial charge in [0, 0.05) is 18.5 Å². The zero-order valence-electron chi connectivity index (χ0n) is 17.0. The number of hydrogen-bond donors (Lipinski definition) is 2. The molecule has 0 radical (unpaired) electrons. The van der Waals surface area contributed by atoms with Crippen LogP contribution in [0.4, 0.5) is 13.2 Å². The van der Waals surface area contributed by atoms with Crippen LogP contribution in [0.5, 0.6) is 0 Å².